The first-order valence-electron chi connectivity index (χ1n) is 8.02. The van der Waals surface area contributed by atoms with Crippen LogP contribution in [-0.4, -0.2) is 0 Å². The molecule has 0 N–H and O–H groups in total. The molecule has 0 heterocycles. The van der Waals surface area contributed by atoms with Crippen LogP contribution in [0.1, 0.15) is 85.0 Å². The topological polar surface area (TPSA) is 0 Å². The van der Waals surface area contributed by atoms with Crippen LogP contribution in [-0.2, 0) is 0 Å². The highest BCUT2D eigenvalue weighted by atomic mass is 14.1. The summed E-state index contributed by atoms with van der Waals surface area (Å²) >= 11 is 0. The third-order valence-corrected chi connectivity index (χ3v) is 3.76. The van der Waals surface area contributed by atoms with Gasteiger partial charge in [0.15, 0.2) is 0 Å². The fourth-order valence-corrected chi connectivity index (χ4v) is 2.46. The standard InChI is InChI=1S/C18H34/c1-5-8-10-12-14-17(4)16-18(7-3)15-13-11-9-6-2/h5,8,18H,4,6-7,9-16H2,1-3H3. The van der Waals surface area contributed by atoms with E-state index in [4.69, 9.17) is 0 Å². The first-order chi connectivity index (χ1) is 8.74. The summed E-state index contributed by atoms with van der Waals surface area (Å²) in [7, 11) is 0. The Bertz CT molecular complexity index is 212. The second kappa shape index (κ2) is 12.9. The quantitative estimate of drug-likeness (QED) is 0.268. The molecule has 1 unspecified atom stereocenters. The molecule has 0 aliphatic carbocycles. The first-order valence-corrected chi connectivity index (χ1v) is 8.02. The average Bonchev–Trinajstić information content (AvgIpc) is 2.38. The van der Waals surface area contributed by atoms with Crippen LogP contribution >= 0.6 is 0 Å². The largest absolute Gasteiger partial charge is 0.0999 e. The Hall–Kier alpha value is -0.520. The molecule has 0 amide bonds. The maximum absolute atomic E-state index is 4.26. The molecule has 0 heteroatoms. The minimum Gasteiger partial charge on any atom is -0.0999 e. The molecule has 0 saturated heterocycles. The molecule has 1 atom stereocenters. The lowest BCUT2D eigenvalue weighted by Gasteiger charge is -2.16. The molecule has 106 valence electrons. The van der Waals surface area contributed by atoms with Crippen LogP contribution in [0.25, 0.3) is 0 Å². The molecular weight excluding hydrogens is 216 g/mol. The Morgan fingerprint density at radius 3 is 2.50 bits per heavy atom. The lowest BCUT2D eigenvalue weighted by Crippen LogP contribution is -2.01. The van der Waals surface area contributed by atoms with Gasteiger partial charge in [-0.25, -0.2) is 0 Å². The van der Waals surface area contributed by atoms with E-state index < -0.39 is 0 Å². The van der Waals surface area contributed by atoms with E-state index in [1.807, 2.05) is 0 Å². The van der Waals surface area contributed by atoms with E-state index in [9.17, 15) is 0 Å². The summed E-state index contributed by atoms with van der Waals surface area (Å²) in [5.74, 6) is 0.885. The number of rotatable bonds is 12. The molecule has 0 radical (unpaired) electrons. The van der Waals surface area contributed by atoms with Crippen LogP contribution in [0.15, 0.2) is 24.3 Å². The average molecular weight is 250 g/mol. The minimum absolute atomic E-state index is 0.885. The molecule has 0 aromatic rings. The molecule has 0 bridgehead atoms. The van der Waals surface area contributed by atoms with Gasteiger partial charge in [-0.05, 0) is 38.5 Å². The Kier molecular flexibility index (Phi) is 12.6. The minimum atomic E-state index is 0.885. The smallest absolute Gasteiger partial charge is 0.0295 e. The number of hydrogen-bond acceptors (Lipinski definition) is 0. The van der Waals surface area contributed by atoms with E-state index in [0.717, 1.165) is 5.92 Å². The van der Waals surface area contributed by atoms with Crippen LogP contribution in [0, 0.1) is 5.92 Å². The van der Waals surface area contributed by atoms with Gasteiger partial charge in [-0.2, -0.15) is 0 Å². The van der Waals surface area contributed by atoms with E-state index in [0.29, 0.717) is 0 Å². The zero-order valence-electron chi connectivity index (χ0n) is 13.0. The Labute approximate surface area is 116 Å². The molecule has 0 aliphatic rings. The van der Waals surface area contributed by atoms with E-state index in [1.54, 1.807) is 0 Å². The Balaban J connectivity index is 3.65. The maximum atomic E-state index is 4.26. The van der Waals surface area contributed by atoms with Crippen molar-refractivity contribution >= 4 is 0 Å². The number of hydrogen-bond donors (Lipinski definition) is 0. The van der Waals surface area contributed by atoms with Gasteiger partial charge in [0.25, 0.3) is 0 Å². The van der Waals surface area contributed by atoms with Gasteiger partial charge in [0, 0.05) is 0 Å². The van der Waals surface area contributed by atoms with E-state index >= 15 is 0 Å². The number of allylic oxidation sites excluding steroid dienone is 3. The van der Waals surface area contributed by atoms with Crippen LogP contribution in [0.2, 0.25) is 0 Å². The summed E-state index contributed by atoms with van der Waals surface area (Å²) in [6.07, 6.45) is 17.7. The van der Waals surface area contributed by atoms with Crippen LogP contribution in [0.5, 0.6) is 0 Å². The predicted molar refractivity (Wildman–Crippen MR) is 85.0 cm³/mol. The molecular formula is C18H34. The van der Waals surface area contributed by atoms with Crippen LogP contribution in [0.4, 0.5) is 0 Å². The van der Waals surface area contributed by atoms with Crippen molar-refractivity contribution in [3.8, 4) is 0 Å². The fraction of sp³-hybridized carbons (Fsp3) is 0.778. The second-order valence-corrected chi connectivity index (χ2v) is 5.54. The maximum Gasteiger partial charge on any atom is -0.0295 e. The highest BCUT2D eigenvalue weighted by Gasteiger charge is 2.07. The van der Waals surface area contributed by atoms with Crippen molar-refractivity contribution in [1.29, 1.82) is 0 Å². The van der Waals surface area contributed by atoms with Crippen molar-refractivity contribution in [3.05, 3.63) is 24.3 Å². The zero-order valence-corrected chi connectivity index (χ0v) is 13.0. The summed E-state index contributed by atoms with van der Waals surface area (Å²) < 4.78 is 0. The van der Waals surface area contributed by atoms with E-state index in [2.05, 4.69) is 39.5 Å². The highest BCUT2D eigenvalue weighted by molar-refractivity contribution is 4.96. The Morgan fingerprint density at radius 1 is 1.11 bits per heavy atom. The highest BCUT2D eigenvalue weighted by Crippen LogP contribution is 2.23. The van der Waals surface area contributed by atoms with Gasteiger partial charge in [0.05, 0.1) is 0 Å². The van der Waals surface area contributed by atoms with E-state index in [1.165, 1.54) is 69.8 Å². The molecule has 0 nitrogen and oxygen atoms in total. The molecule has 0 saturated carbocycles. The SMILES string of the molecule is C=C(CCCC=CC)CC(CC)CCCCCC. The van der Waals surface area contributed by atoms with E-state index in [-0.39, 0.29) is 0 Å². The van der Waals surface area contributed by atoms with Crippen molar-refractivity contribution < 1.29 is 0 Å². The Morgan fingerprint density at radius 2 is 1.89 bits per heavy atom. The summed E-state index contributed by atoms with van der Waals surface area (Å²) in [6, 6.07) is 0. The van der Waals surface area contributed by atoms with Crippen molar-refractivity contribution in [2.75, 3.05) is 0 Å². The van der Waals surface area contributed by atoms with Gasteiger partial charge in [0.1, 0.15) is 0 Å². The molecule has 18 heavy (non-hydrogen) atoms. The van der Waals surface area contributed by atoms with Gasteiger partial charge < -0.3 is 0 Å². The molecule has 0 aromatic heterocycles. The third kappa shape index (κ3) is 10.6. The lowest BCUT2D eigenvalue weighted by atomic mass is 9.90. The zero-order chi connectivity index (χ0) is 13.6. The van der Waals surface area contributed by atoms with Crippen molar-refractivity contribution in [1.82, 2.24) is 0 Å². The van der Waals surface area contributed by atoms with Gasteiger partial charge in [-0.3, -0.25) is 0 Å². The molecule has 0 spiro atoms. The van der Waals surface area contributed by atoms with Gasteiger partial charge >= 0.3 is 0 Å². The molecule has 0 fully saturated rings. The van der Waals surface area contributed by atoms with Crippen molar-refractivity contribution in [2.24, 2.45) is 5.92 Å². The van der Waals surface area contributed by atoms with Crippen LogP contribution in [0.3, 0.4) is 0 Å². The number of unbranched alkanes of at least 4 members (excludes halogenated alkanes) is 4. The van der Waals surface area contributed by atoms with Gasteiger partial charge in [-0.1, -0.05) is 76.7 Å². The van der Waals surface area contributed by atoms with Gasteiger partial charge in [-0.15, -0.1) is 0 Å². The summed E-state index contributed by atoms with van der Waals surface area (Å²) in [5, 5.41) is 0. The predicted octanol–water partition coefficient (Wildman–Crippen LogP) is 6.68. The van der Waals surface area contributed by atoms with Crippen LogP contribution < -0.4 is 0 Å². The summed E-state index contributed by atoms with van der Waals surface area (Å²) in [6.45, 7) is 11.0. The molecule has 0 rings (SSSR count). The molecule has 0 aliphatic heterocycles. The molecule has 0 aromatic carbocycles. The van der Waals surface area contributed by atoms with Crippen molar-refractivity contribution in [3.63, 3.8) is 0 Å². The monoisotopic (exact) mass is 250 g/mol. The summed E-state index contributed by atoms with van der Waals surface area (Å²) in [5.41, 5.74) is 1.47. The first kappa shape index (κ1) is 17.5. The van der Waals surface area contributed by atoms with Crippen molar-refractivity contribution in [2.45, 2.75) is 85.0 Å². The second-order valence-electron chi connectivity index (χ2n) is 5.54. The fourth-order valence-electron chi connectivity index (χ4n) is 2.46. The lowest BCUT2D eigenvalue weighted by molar-refractivity contribution is 0.433. The van der Waals surface area contributed by atoms with Gasteiger partial charge in [0.2, 0.25) is 0 Å². The summed E-state index contributed by atoms with van der Waals surface area (Å²) in [4.78, 5) is 0. The third-order valence-electron chi connectivity index (χ3n) is 3.76. The normalized spacial score (nSPS) is 13.1.